The molecular weight excluding hydrogens is 535 g/mol. The molecule has 0 aliphatic carbocycles. The lowest BCUT2D eigenvalue weighted by atomic mass is 10.1. The first-order valence-electron chi connectivity index (χ1n) is 9.66. The lowest BCUT2D eigenvalue weighted by Gasteiger charge is -2.10. The van der Waals surface area contributed by atoms with Crippen LogP contribution in [0.4, 0.5) is 5.69 Å². The molecule has 3 rings (SSSR count). The Hall–Kier alpha value is -3.84. The van der Waals surface area contributed by atoms with Crippen LogP contribution in [-0.4, -0.2) is 26.1 Å². The van der Waals surface area contributed by atoms with E-state index in [4.69, 9.17) is 14.2 Å². The number of halogens is 1. The maximum absolute atomic E-state index is 12.5. The molecule has 0 aromatic heterocycles. The van der Waals surface area contributed by atoms with E-state index in [1.807, 2.05) is 18.2 Å². The Labute approximate surface area is 204 Å². The average molecular weight is 554 g/mol. The van der Waals surface area contributed by atoms with Gasteiger partial charge in [-0.15, -0.1) is 0 Å². The molecular formula is C25H19IN2O5. The van der Waals surface area contributed by atoms with Crippen molar-refractivity contribution < 1.29 is 23.8 Å². The fourth-order valence-corrected chi connectivity index (χ4v) is 3.15. The molecule has 0 radical (unpaired) electrons. The van der Waals surface area contributed by atoms with E-state index >= 15 is 0 Å². The lowest BCUT2D eigenvalue weighted by Crippen LogP contribution is -2.13. The second-order valence-corrected chi connectivity index (χ2v) is 7.90. The summed E-state index contributed by atoms with van der Waals surface area (Å²) in [6.07, 6.45) is 1.43. The maximum Gasteiger partial charge on any atom is 0.343 e. The smallest absolute Gasteiger partial charge is 0.343 e. The Morgan fingerprint density at radius 1 is 0.939 bits per heavy atom. The molecule has 0 spiro atoms. The summed E-state index contributed by atoms with van der Waals surface area (Å²) in [7, 11) is 2.97. The standard InChI is InChI=1S/C25H19IN2O5/c1-31-21-10-4-17(5-11-21)25(30)33-22-12-3-16(14-23(22)32-2)13-18(15-27)24(29)28-20-8-6-19(26)7-9-20/h3-14H,1-2H3,(H,28,29)/b18-13+. The van der Waals surface area contributed by atoms with Gasteiger partial charge in [-0.3, -0.25) is 4.79 Å². The maximum atomic E-state index is 12.5. The first-order chi connectivity index (χ1) is 15.9. The molecule has 3 aromatic rings. The van der Waals surface area contributed by atoms with Gasteiger partial charge in [0.05, 0.1) is 19.8 Å². The lowest BCUT2D eigenvalue weighted by molar-refractivity contribution is -0.112. The van der Waals surface area contributed by atoms with Gasteiger partial charge in [0.25, 0.3) is 5.91 Å². The van der Waals surface area contributed by atoms with E-state index in [0.29, 0.717) is 22.6 Å². The minimum atomic E-state index is -0.561. The predicted molar refractivity (Wildman–Crippen MR) is 132 cm³/mol. The van der Waals surface area contributed by atoms with Gasteiger partial charge in [0.1, 0.15) is 17.4 Å². The van der Waals surface area contributed by atoms with Crippen molar-refractivity contribution in [3.05, 3.63) is 87.0 Å². The van der Waals surface area contributed by atoms with Crippen molar-refractivity contribution in [3.8, 4) is 23.3 Å². The molecule has 0 heterocycles. The molecule has 33 heavy (non-hydrogen) atoms. The monoisotopic (exact) mass is 554 g/mol. The first-order valence-corrected chi connectivity index (χ1v) is 10.7. The number of amides is 1. The summed E-state index contributed by atoms with van der Waals surface area (Å²) in [5.41, 5.74) is 1.38. The number of anilines is 1. The summed E-state index contributed by atoms with van der Waals surface area (Å²) in [6.45, 7) is 0. The molecule has 0 fully saturated rings. The number of esters is 1. The van der Waals surface area contributed by atoms with Gasteiger partial charge in [-0.1, -0.05) is 6.07 Å². The Morgan fingerprint density at radius 3 is 2.24 bits per heavy atom. The van der Waals surface area contributed by atoms with Crippen LogP contribution in [0.15, 0.2) is 72.3 Å². The summed E-state index contributed by atoms with van der Waals surface area (Å²) < 4.78 is 16.9. The van der Waals surface area contributed by atoms with Crippen molar-refractivity contribution >= 4 is 46.2 Å². The number of nitrogens with zero attached hydrogens (tertiary/aromatic N) is 1. The predicted octanol–water partition coefficient (Wildman–Crippen LogP) is 5.07. The molecule has 0 aliphatic heterocycles. The van der Waals surface area contributed by atoms with Crippen molar-refractivity contribution in [2.75, 3.05) is 19.5 Å². The van der Waals surface area contributed by atoms with Gasteiger partial charge in [-0.25, -0.2) is 4.79 Å². The number of methoxy groups -OCH3 is 2. The molecule has 0 saturated heterocycles. The van der Waals surface area contributed by atoms with Crippen LogP contribution in [-0.2, 0) is 4.79 Å². The number of carbonyl (C=O) groups is 2. The van der Waals surface area contributed by atoms with Crippen LogP contribution < -0.4 is 19.5 Å². The second-order valence-electron chi connectivity index (χ2n) is 6.66. The Bertz CT molecular complexity index is 1230. The number of benzene rings is 3. The fraction of sp³-hybridized carbons (Fsp3) is 0.0800. The first kappa shape index (κ1) is 23.8. The van der Waals surface area contributed by atoms with Crippen LogP contribution in [0.1, 0.15) is 15.9 Å². The third-order valence-electron chi connectivity index (χ3n) is 4.49. The van der Waals surface area contributed by atoms with Crippen LogP contribution in [0.25, 0.3) is 6.08 Å². The highest BCUT2D eigenvalue weighted by molar-refractivity contribution is 14.1. The Balaban J connectivity index is 1.77. The van der Waals surface area contributed by atoms with Crippen LogP contribution in [0.2, 0.25) is 0 Å². The zero-order chi connectivity index (χ0) is 23.8. The zero-order valence-corrected chi connectivity index (χ0v) is 20.0. The number of ether oxygens (including phenoxy) is 3. The van der Waals surface area contributed by atoms with Gasteiger partial charge in [0, 0.05) is 9.26 Å². The molecule has 1 N–H and O–H groups in total. The zero-order valence-electron chi connectivity index (χ0n) is 17.8. The molecule has 0 unspecified atom stereocenters. The van der Waals surface area contributed by atoms with Gasteiger partial charge in [0.15, 0.2) is 11.5 Å². The van der Waals surface area contributed by atoms with Crippen molar-refractivity contribution in [1.82, 2.24) is 0 Å². The summed E-state index contributed by atoms with van der Waals surface area (Å²) in [4.78, 5) is 24.9. The van der Waals surface area contributed by atoms with Crippen molar-refractivity contribution in [3.63, 3.8) is 0 Å². The number of rotatable bonds is 7. The third kappa shape index (κ3) is 6.33. The van der Waals surface area contributed by atoms with E-state index < -0.39 is 11.9 Å². The SMILES string of the molecule is COc1ccc(C(=O)Oc2ccc(/C=C(\C#N)C(=O)Nc3ccc(I)cc3)cc2OC)cc1. The largest absolute Gasteiger partial charge is 0.497 e. The molecule has 0 bridgehead atoms. The van der Waals surface area contributed by atoms with Crippen molar-refractivity contribution in [1.29, 1.82) is 5.26 Å². The summed E-state index contributed by atoms with van der Waals surface area (Å²) in [5.74, 6) is 0.0134. The van der Waals surface area contributed by atoms with E-state index in [9.17, 15) is 14.9 Å². The van der Waals surface area contributed by atoms with Gasteiger partial charge in [-0.2, -0.15) is 5.26 Å². The van der Waals surface area contributed by atoms with Crippen LogP contribution in [0.3, 0.4) is 0 Å². The van der Waals surface area contributed by atoms with E-state index in [1.54, 1.807) is 48.5 Å². The molecule has 7 nitrogen and oxygen atoms in total. The molecule has 0 atom stereocenters. The highest BCUT2D eigenvalue weighted by Crippen LogP contribution is 2.30. The molecule has 166 valence electrons. The summed E-state index contributed by atoms with van der Waals surface area (Å²) >= 11 is 2.16. The molecule has 3 aromatic carbocycles. The number of nitrogens with one attached hydrogen (secondary N) is 1. The number of nitriles is 1. The quantitative estimate of drug-likeness (QED) is 0.144. The average Bonchev–Trinajstić information content (AvgIpc) is 2.84. The van der Waals surface area contributed by atoms with Gasteiger partial charge in [-0.05, 0) is 94.9 Å². The molecule has 0 saturated carbocycles. The second kappa shape index (κ2) is 11.2. The van der Waals surface area contributed by atoms with Gasteiger partial charge >= 0.3 is 5.97 Å². The van der Waals surface area contributed by atoms with E-state index in [1.165, 1.54) is 26.4 Å². The topological polar surface area (TPSA) is 97.7 Å². The fourth-order valence-electron chi connectivity index (χ4n) is 2.79. The van der Waals surface area contributed by atoms with Crippen LogP contribution in [0, 0.1) is 14.9 Å². The molecule has 8 heteroatoms. The highest BCUT2D eigenvalue weighted by Gasteiger charge is 2.14. The van der Waals surface area contributed by atoms with Gasteiger partial charge < -0.3 is 19.5 Å². The van der Waals surface area contributed by atoms with Crippen molar-refractivity contribution in [2.24, 2.45) is 0 Å². The minimum absolute atomic E-state index is 0.0846. The molecule has 1 amide bonds. The van der Waals surface area contributed by atoms with E-state index in [0.717, 1.165) is 3.57 Å². The van der Waals surface area contributed by atoms with Crippen molar-refractivity contribution in [2.45, 2.75) is 0 Å². The normalized spacial score (nSPS) is 10.7. The molecule has 0 aliphatic rings. The third-order valence-corrected chi connectivity index (χ3v) is 5.21. The summed E-state index contributed by atoms with van der Waals surface area (Å²) in [6, 6.07) is 20.4. The number of hydrogen-bond acceptors (Lipinski definition) is 6. The van der Waals surface area contributed by atoms with Gasteiger partial charge in [0.2, 0.25) is 0 Å². The number of hydrogen-bond donors (Lipinski definition) is 1. The summed E-state index contributed by atoms with van der Waals surface area (Å²) in [5, 5.41) is 12.1. The van der Waals surface area contributed by atoms with E-state index in [-0.39, 0.29) is 17.1 Å². The number of carbonyl (C=O) groups excluding carboxylic acids is 2. The van der Waals surface area contributed by atoms with Crippen LogP contribution in [0.5, 0.6) is 17.2 Å². The van der Waals surface area contributed by atoms with Crippen LogP contribution >= 0.6 is 22.6 Å². The Kier molecular flexibility index (Phi) is 8.05. The minimum Gasteiger partial charge on any atom is -0.497 e. The highest BCUT2D eigenvalue weighted by atomic mass is 127. The van der Waals surface area contributed by atoms with E-state index in [2.05, 4.69) is 27.9 Å². The Morgan fingerprint density at radius 2 is 1.64 bits per heavy atom.